The Kier molecular flexibility index (Phi) is 3.48. The zero-order valence-electron chi connectivity index (χ0n) is 11.8. The van der Waals surface area contributed by atoms with Gasteiger partial charge in [0.2, 0.25) is 0 Å². The highest BCUT2D eigenvalue weighted by molar-refractivity contribution is 5.81. The highest BCUT2D eigenvalue weighted by atomic mass is 15.1. The number of benzene rings is 1. The summed E-state index contributed by atoms with van der Waals surface area (Å²) < 4.78 is 2.05. The zero-order valence-corrected chi connectivity index (χ0v) is 11.8. The summed E-state index contributed by atoms with van der Waals surface area (Å²) in [6, 6.07) is 10.4. The van der Waals surface area contributed by atoms with E-state index in [2.05, 4.69) is 50.7 Å². The summed E-state index contributed by atoms with van der Waals surface area (Å²) in [6.45, 7) is 1.69. The van der Waals surface area contributed by atoms with Crippen molar-refractivity contribution in [2.45, 2.75) is 13.1 Å². The minimum absolute atomic E-state index is 0.826. The average Bonchev–Trinajstić information content (AvgIpc) is 2.85. The molecule has 3 rings (SSSR count). The number of para-hydroxylation sites is 1. The Morgan fingerprint density at radius 1 is 1.05 bits per heavy atom. The predicted octanol–water partition coefficient (Wildman–Crippen LogP) is 2.60. The van der Waals surface area contributed by atoms with Gasteiger partial charge in [0, 0.05) is 37.6 Å². The van der Waals surface area contributed by atoms with E-state index >= 15 is 0 Å². The largest absolute Gasteiger partial charge is 0.337 e. The molecular weight excluding hydrogens is 248 g/mol. The van der Waals surface area contributed by atoms with Crippen LogP contribution in [0.1, 0.15) is 11.4 Å². The summed E-state index contributed by atoms with van der Waals surface area (Å²) in [5, 5.41) is 1.19. The second kappa shape index (κ2) is 5.43. The molecule has 1 aromatic carbocycles. The van der Waals surface area contributed by atoms with Crippen molar-refractivity contribution in [1.82, 2.24) is 19.4 Å². The highest BCUT2D eigenvalue weighted by Gasteiger charge is 2.08. The maximum absolute atomic E-state index is 4.50. The lowest BCUT2D eigenvalue weighted by Crippen LogP contribution is -2.19. The minimum Gasteiger partial charge on any atom is -0.337 e. The molecule has 0 atom stereocenters. The quantitative estimate of drug-likeness (QED) is 0.728. The molecular formula is C16H18N4. The van der Waals surface area contributed by atoms with Crippen LogP contribution in [0, 0.1) is 0 Å². The first-order valence-corrected chi connectivity index (χ1v) is 6.71. The van der Waals surface area contributed by atoms with Gasteiger partial charge in [-0.05, 0) is 18.7 Å². The van der Waals surface area contributed by atoms with Crippen molar-refractivity contribution in [2.24, 2.45) is 7.05 Å². The van der Waals surface area contributed by atoms with Crippen LogP contribution in [0.25, 0.3) is 10.9 Å². The Morgan fingerprint density at radius 3 is 2.70 bits per heavy atom. The number of aryl methyl sites for hydroxylation is 1. The molecule has 0 saturated carbocycles. The maximum atomic E-state index is 4.50. The molecule has 0 saturated heterocycles. The van der Waals surface area contributed by atoms with Crippen LogP contribution in [-0.2, 0) is 20.1 Å². The first-order chi connectivity index (χ1) is 9.74. The molecule has 3 aromatic rings. The van der Waals surface area contributed by atoms with Crippen LogP contribution in [0.2, 0.25) is 0 Å². The van der Waals surface area contributed by atoms with Crippen LogP contribution in [0.4, 0.5) is 0 Å². The Bertz CT molecular complexity index is 712. The van der Waals surface area contributed by atoms with Crippen molar-refractivity contribution < 1.29 is 0 Å². The van der Waals surface area contributed by atoms with E-state index in [9.17, 15) is 0 Å². The predicted molar refractivity (Wildman–Crippen MR) is 80.1 cm³/mol. The average molecular weight is 266 g/mol. The van der Waals surface area contributed by atoms with E-state index < -0.39 is 0 Å². The van der Waals surface area contributed by atoms with Gasteiger partial charge in [-0.3, -0.25) is 9.88 Å². The topological polar surface area (TPSA) is 34.0 Å². The molecule has 0 N–H and O–H groups in total. The van der Waals surface area contributed by atoms with Gasteiger partial charge >= 0.3 is 0 Å². The molecule has 0 amide bonds. The molecule has 0 aliphatic heterocycles. The van der Waals surface area contributed by atoms with Gasteiger partial charge in [0.1, 0.15) is 5.82 Å². The highest BCUT2D eigenvalue weighted by Crippen LogP contribution is 2.17. The molecule has 0 aliphatic carbocycles. The molecule has 2 aromatic heterocycles. The van der Waals surface area contributed by atoms with E-state index in [4.69, 9.17) is 0 Å². The lowest BCUT2D eigenvalue weighted by molar-refractivity contribution is 0.308. The van der Waals surface area contributed by atoms with E-state index in [1.807, 2.05) is 31.7 Å². The Morgan fingerprint density at radius 2 is 1.90 bits per heavy atom. The number of hydrogen-bond donors (Lipinski definition) is 0. The Balaban J connectivity index is 1.81. The van der Waals surface area contributed by atoms with Crippen LogP contribution in [0.15, 0.2) is 48.9 Å². The second-order valence-electron chi connectivity index (χ2n) is 5.12. The van der Waals surface area contributed by atoms with E-state index in [0.29, 0.717) is 0 Å². The van der Waals surface area contributed by atoms with Gasteiger partial charge < -0.3 is 4.57 Å². The number of fused-ring (bicyclic) bond motifs is 1. The van der Waals surface area contributed by atoms with Crippen molar-refractivity contribution in [3.05, 3.63) is 60.3 Å². The second-order valence-corrected chi connectivity index (χ2v) is 5.12. The van der Waals surface area contributed by atoms with Crippen LogP contribution in [0.3, 0.4) is 0 Å². The van der Waals surface area contributed by atoms with E-state index in [1.54, 1.807) is 0 Å². The van der Waals surface area contributed by atoms with Gasteiger partial charge in [0.05, 0.1) is 12.1 Å². The molecule has 0 fully saturated rings. The summed E-state index contributed by atoms with van der Waals surface area (Å²) >= 11 is 0. The molecule has 2 heterocycles. The fourth-order valence-corrected chi connectivity index (χ4v) is 2.43. The summed E-state index contributed by atoms with van der Waals surface area (Å²) in [5.74, 6) is 1.07. The minimum atomic E-state index is 0.826. The summed E-state index contributed by atoms with van der Waals surface area (Å²) in [5.41, 5.74) is 2.33. The first kappa shape index (κ1) is 12.8. The number of imidazole rings is 1. The van der Waals surface area contributed by atoms with Gasteiger partial charge in [-0.1, -0.05) is 24.3 Å². The van der Waals surface area contributed by atoms with Crippen molar-refractivity contribution in [3.63, 3.8) is 0 Å². The first-order valence-electron chi connectivity index (χ1n) is 6.71. The van der Waals surface area contributed by atoms with E-state index in [-0.39, 0.29) is 0 Å². The Hall–Kier alpha value is -2.20. The van der Waals surface area contributed by atoms with Crippen molar-refractivity contribution in [1.29, 1.82) is 0 Å². The van der Waals surface area contributed by atoms with Crippen LogP contribution >= 0.6 is 0 Å². The molecule has 0 aliphatic rings. The summed E-state index contributed by atoms with van der Waals surface area (Å²) in [7, 11) is 4.13. The van der Waals surface area contributed by atoms with Gasteiger partial charge in [0.25, 0.3) is 0 Å². The normalized spacial score (nSPS) is 11.3. The fourth-order valence-electron chi connectivity index (χ4n) is 2.43. The monoisotopic (exact) mass is 266 g/mol. The number of nitrogens with zero attached hydrogens (tertiary/aromatic N) is 4. The standard InChI is InChI=1S/C16H18N4/c1-19(12-15-17-9-10-20(15)2)11-14-6-3-5-13-7-4-8-18-16(13)14/h3-10H,11-12H2,1-2H3. The van der Waals surface area contributed by atoms with E-state index in [1.165, 1.54) is 10.9 Å². The molecule has 0 unspecified atom stereocenters. The van der Waals surface area contributed by atoms with Crippen LogP contribution < -0.4 is 0 Å². The SMILES string of the molecule is CN(Cc1cccc2cccnc12)Cc1nccn1C. The lowest BCUT2D eigenvalue weighted by Gasteiger charge is -2.17. The zero-order chi connectivity index (χ0) is 13.9. The summed E-state index contributed by atoms with van der Waals surface area (Å²) in [4.78, 5) is 11.1. The van der Waals surface area contributed by atoms with E-state index in [0.717, 1.165) is 24.4 Å². The van der Waals surface area contributed by atoms with Gasteiger partial charge in [0.15, 0.2) is 0 Å². The molecule has 20 heavy (non-hydrogen) atoms. The Labute approximate surface area is 118 Å². The molecule has 0 spiro atoms. The number of rotatable bonds is 4. The van der Waals surface area contributed by atoms with Crippen molar-refractivity contribution in [2.75, 3.05) is 7.05 Å². The number of pyridine rings is 1. The molecule has 102 valence electrons. The van der Waals surface area contributed by atoms with Crippen LogP contribution in [-0.4, -0.2) is 26.5 Å². The van der Waals surface area contributed by atoms with Crippen molar-refractivity contribution in [3.8, 4) is 0 Å². The van der Waals surface area contributed by atoms with Gasteiger partial charge in [-0.15, -0.1) is 0 Å². The molecule has 4 nitrogen and oxygen atoms in total. The maximum Gasteiger partial charge on any atom is 0.122 e. The van der Waals surface area contributed by atoms with Crippen LogP contribution in [0.5, 0.6) is 0 Å². The van der Waals surface area contributed by atoms with Gasteiger partial charge in [-0.2, -0.15) is 0 Å². The molecule has 0 radical (unpaired) electrons. The van der Waals surface area contributed by atoms with Gasteiger partial charge in [-0.25, -0.2) is 4.98 Å². The molecule has 4 heteroatoms. The number of hydrogen-bond acceptors (Lipinski definition) is 3. The third-order valence-corrected chi connectivity index (χ3v) is 3.49. The number of aromatic nitrogens is 3. The molecule has 0 bridgehead atoms. The third-order valence-electron chi connectivity index (χ3n) is 3.49. The lowest BCUT2D eigenvalue weighted by atomic mass is 10.1. The smallest absolute Gasteiger partial charge is 0.122 e. The third kappa shape index (κ3) is 2.56. The van der Waals surface area contributed by atoms with Crippen molar-refractivity contribution >= 4 is 10.9 Å². The summed E-state index contributed by atoms with van der Waals surface area (Å²) in [6.07, 6.45) is 5.66. The fraction of sp³-hybridized carbons (Fsp3) is 0.250.